The van der Waals surface area contributed by atoms with Crippen LogP contribution in [0.3, 0.4) is 0 Å². The summed E-state index contributed by atoms with van der Waals surface area (Å²) in [5, 5.41) is 5.37. The molecule has 2 heterocycles. The molecular weight excluding hydrogens is 410 g/mol. The van der Waals surface area contributed by atoms with Gasteiger partial charge in [-0.3, -0.25) is 9.78 Å². The first kappa shape index (κ1) is 20.3. The number of aromatic nitrogens is 2. The molecule has 1 aliphatic rings. The Morgan fingerprint density at radius 1 is 1.00 bits per heavy atom. The number of piperidine rings is 1. The smallest absolute Gasteiger partial charge is 0.254 e. The van der Waals surface area contributed by atoms with Crippen LogP contribution in [0.15, 0.2) is 60.8 Å². The van der Waals surface area contributed by atoms with E-state index in [1.54, 1.807) is 0 Å². The fourth-order valence-electron chi connectivity index (χ4n) is 4.28. The third kappa shape index (κ3) is 3.98. The van der Waals surface area contributed by atoms with Crippen LogP contribution >= 0.6 is 0 Å². The second-order valence-electron chi connectivity index (χ2n) is 8.10. The molecule has 4 aromatic rings. The van der Waals surface area contributed by atoms with Crippen molar-refractivity contribution in [3.05, 3.63) is 78.0 Å². The number of halogens is 2. The van der Waals surface area contributed by atoms with Crippen molar-refractivity contribution in [1.29, 1.82) is 0 Å². The molecule has 32 heavy (non-hydrogen) atoms. The highest BCUT2D eigenvalue weighted by Gasteiger charge is 2.27. The van der Waals surface area contributed by atoms with Crippen molar-refractivity contribution in [2.45, 2.75) is 25.3 Å². The number of amides is 1. The standard InChI is InChI=1S/C25H22F2N4O/c26-20-12-22-23(13-21(20)27)30-24(15-28-22)29-14-19-7-3-4-10-31(19)25(32)18-9-8-16-5-1-2-6-17(16)11-18/h1-2,5-6,8-9,11-13,15,19H,3-4,7,10,14H2,(H,29,30). The highest BCUT2D eigenvalue weighted by molar-refractivity contribution is 5.98. The lowest BCUT2D eigenvalue weighted by molar-refractivity contribution is 0.0628. The predicted molar refractivity (Wildman–Crippen MR) is 121 cm³/mol. The van der Waals surface area contributed by atoms with Crippen LogP contribution in [0.1, 0.15) is 29.6 Å². The Bertz CT molecular complexity index is 1310. The van der Waals surface area contributed by atoms with Crippen LogP contribution in [-0.4, -0.2) is 39.9 Å². The Morgan fingerprint density at radius 2 is 1.78 bits per heavy atom. The number of hydrogen-bond acceptors (Lipinski definition) is 4. The number of carbonyl (C=O) groups is 1. The molecule has 0 saturated carbocycles. The van der Waals surface area contributed by atoms with E-state index in [4.69, 9.17) is 0 Å². The minimum Gasteiger partial charge on any atom is -0.367 e. The molecule has 7 heteroatoms. The molecule has 0 radical (unpaired) electrons. The van der Waals surface area contributed by atoms with Crippen LogP contribution < -0.4 is 5.32 Å². The van der Waals surface area contributed by atoms with Gasteiger partial charge in [-0.2, -0.15) is 0 Å². The van der Waals surface area contributed by atoms with Gasteiger partial charge in [0.15, 0.2) is 11.6 Å². The number of anilines is 1. The van der Waals surface area contributed by atoms with Crippen LogP contribution in [0, 0.1) is 11.6 Å². The van der Waals surface area contributed by atoms with Gasteiger partial charge in [0, 0.05) is 36.8 Å². The van der Waals surface area contributed by atoms with E-state index in [1.807, 2.05) is 47.4 Å². The molecule has 0 spiro atoms. The summed E-state index contributed by atoms with van der Waals surface area (Å²) < 4.78 is 26.9. The lowest BCUT2D eigenvalue weighted by atomic mass is 9.99. The first-order valence-corrected chi connectivity index (χ1v) is 10.7. The highest BCUT2D eigenvalue weighted by atomic mass is 19.2. The molecule has 1 saturated heterocycles. The summed E-state index contributed by atoms with van der Waals surface area (Å²) in [5.74, 6) is -1.42. The number of nitrogens with zero attached hydrogens (tertiary/aromatic N) is 3. The first-order chi connectivity index (χ1) is 15.6. The van der Waals surface area contributed by atoms with Crippen molar-refractivity contribution in [3.63, 3.8) is 0 Å². The molecule has 5 rings (SSSR count). The monoisotopic (exact) mass is 432 g/mol. The van der Waals surface area contributed by atoms with E-state index in [0.29, 0.717) is 30.0 Å². The molecule has 0 aliphatic carbocycles. The molecule has 1 unspecified atom stereocenters. The normalized spacial score (nSPS) is 16.4. The second-order valence-corrected chi connectivity index (χ2v) is 8.10. The van der Waals surface area contributed by atoms with E-state index >= 15 is 0 Å². The molecule has 0 bridgehead atoms. The number of carbonyl (C=O) groups excluding carboxylic acids is 1. The van der Waals surface area contributed by atoms with Crippen molar-refractivity contribution in [2.75, 3.05) is 18.4 Å². The molecule has 1 N–H and O–H groups in total. The van der Waals surface area contributed by atoms with Gasteiger partial charge in [0.2, 0.25) is 0 Å². The van der Waals surface area contributed by atoms with Gasteiger partial charge in [-0.05, 0) is 42.2 Å². The topological polar surface area (TPSA) is 58.1 Å². The quantitative estimate of drug-likeness (QED) is 0.484. The molecule has 1 atom stereocenters. The zero-order chi connectivity index (χ0) is 22.1. The second kappa shape index (κ2) is 8.49. The molecule has 1 aromatic heterocycles. The Labute approximate surface area is 184 Å². The average Bonchev–Trinajstić information content (AvgIpc) is 2.83. The first-order valence-electron chi connectivity index (χ1n) is 10.7. The van der Waals surface area contributed by atoms with Gasteiger partial charge in [0.05, 0.1) is 17.2 Å². The van der Waals surface area contributed by atoms with Crippen LogP contribution in [0.5, 0.6) is 0 Å². The van der Waals surface area contributed by atoms with Gasteiger partial charge in [-0.25, -0.2) is 13.8 Å². The zero-order valence-corrected chi connectivity index (χ0v) is 17.4. The van der Waals surface area contributed by atoms with Gasteiger partial charge in [-0.1, -0.05) is 30.3 Å². The third-order valence-electron chi connectivity index (χ3n) is 5.99. The van der Waals surface area contributed by atoms with Gasteiger partial charge in [0.1, 0.15) is 5.82 Å². The SMILES string of the molecule is O=C(c1ccc2ccccc2c1)N1CCCCC1CNc1cnc2cc(F)c(F)cc2n1. The Balaban J connectivity index is 1.33. The lowest BCUT2D eigenvalue weighted by Crippen LogP contribution is -2.47. The maximum atomic E-state index is 13.5. The average molecular weight is 432 g/mol. The van der Waals surface area contributed by atoms with Crippen molar-refractivity contribution in [2.24, 2.45) is 0 Å². The molecule has 1 amide bonds. The molecule has 162 valence electrons. The van der Waals surface area contributed by atoms with Crippen molar-refractivity contribution in [3.8, 4) is 0 Å². The Morgan fingerprint density at radius 3 is 2.62 bits per heavy atom. The summed E-state index contributed by atoms with van der Waals surface area (Å²) in [6, 6.07) is 15.9. The van der Waals surface area contributed by atoms with Crippen LogP contribution in [0.4, 0.5) is 14.6 Å². The molecule has 1 fully saturated rings. The zero-order valence-electron chi connectivity index (χ0n) is 17.4. The largest absolute Gasteiger partial charge is 0.367 e. The fraction of sp³-hybridized carbons (Fsp3) is 0.240. The third-order valence-corrected chi connectivity index (χ3v) is 5.99. The summed E-state index contributed by atoms with van der Waals surface area (Å²) in [5.41, 5.74) is 1.25. The summed E-state index contributed by atoms with van der Waals surface area (Å²) in [6.07, 6.45) is 4.39. The van der Waals surface area contributed by atoms with E-state index in [-0.39, 0.29) is 17.5 Å². The number of benzene rings is 3. The Kier molecular flexibility index (Phi) is 5.39. The maximum Gasteiger partial charge on any atom is 0.254 e. The number of likely N-dealkylation sites (tertiary alicyclic amines) is 1. The highest BCUT2D eigenvalue weighted by Crippen LogP contribution is 2.23. The number of nitrogens with one attached hydrogen (secondary N) is 1. The summed E-state index contributed by atoms with van der Waals surface area (Å²) in [4.78, 5) is 23.7. The van der Waals surface area contributed by atoms with Crippen LogP contribution in [0.25, 0.3) is 21.8 Å². The molecule has 5 nitrogen and oxygen atoms in total. The van der Waals surface area contributed by atoms with Crippen LogP contribution in [-0.2, 0) is 0 Å². The molecule has 3 aromatic carbocycles. The van der Waals surface area contributed by atoms with Crippen molar-refractivity contribution < 1.29 is 13.6 Å². The predicted octanol–water partition coefficient (Wildman–Crippen LogP) is 5.17. The van der Waals surface area contributed by atoms with E-state index in [0.717, 1.165) is 42.2 Å². The summed E-state index contributed by atoms with van der Waals surface area (Å²) in [7, 11) is 0. The fourth-order valence-corrected chi connectivity index (χ4v) is 4.28. The summed E-state index contributed by atoms with van der Waals surface area (Å²) in [6.45, 7) is 1.20. The van der Waals surface area contributed by atoms with E-state index in [2.05, 4.69) is 15.3 Å². The van der Waals surface area contributed by atoms with Crippen LogP contribution in [0.2, 0.25) is 0 Å². The van der Waals surface area contributed by atoms with Gasteiger partial charge in [0.25, 0.3) is 5.91 Å². The van der Waals surface area contributed by atoms with E-state index in [9.17, 15) is 13.6 Å². The van der Waals surface area contributed by atoms with E-state index in [1.165, 1.54) is 6.20 Å². The van der Waals surface area contributed by atoms with Crippen molar-refractivity contribution in [1.82, 2.24) is 14.9 Å². The summed E-state index contributed by atoms with van der Waals surface area (Å²) >= 11 is 0. The molecule has 1 aliphatic heterocycles. The number of fused-ring (bicyclic) bond motifs is 2. The van der Waals surface area contributed by atoms with E-state index < -0.39 is 11.6 Å². The van der Waals surface area contributed by atoms with Gasteiger partial charge < -0.3 is 10.2 Å². The van der Waals surface area contributed by atoms with Gasteiger partial charge >= 0.3 is 0 Å². The Hall–Kier alpha value is -3.61. The minimum atomic E-state index is -0.955. The maximum absolute atomic E-state index is 13.5. The van der Waals surface area contributed by atoms with Crippen molar-refractivity contribution >= 4 is 33.5 Å². The van der Waals surface area contributed by atoms with Gasteiger partial charge in [-0.15, -0.1) is 0 Å². The molecular formula is C25H22F2N4O. The lowest BCUT2D eigenvalue weighted by Gasteiger charge is -2.36. The minimum absolute atomic E-state index is 0.00479. The number of rotatable bonds is 4. The number of hydrogen-bond donors (Lipinski definition) is 1.